The second kappa shape index (κ2) is 5.87. The fourth-order valence-corrected chi connectivity index (χ4v) is 4.47. The van der Waals surface area contributed by atoms with Crippen molar-refractivity contribution >= 4 is 62.8 Å². The van der Waals surface area contributed by atoms with E-state index < -0.39 is 0 Å². The number of thioether (sulfide) groups is 1. The summed E-state index contributed by atoms with van der Waals surface area (Å²) in [5.41, 5.74) is 0. The van der Waals surface area contributed by atoms with Crippen molar-refractivity contribution in [2.45, 2.75) is 23.6 Å². The fourth-order valence-electron chi connectivity index (χ4n) is 1.53. The van der Waals surface area contributed by atoms with Crippen molar-refractivity contribution in [3.8, 4) is 0 Å². The Morgan fingerprint density at radius 2 is 2.00 bits per heavy atom. The average molecular weight is 313 g/mol. The monoisotopic (exact) mass is 312 g/mol. The predicted molar refractivity (Wildman–Crippen MR) is 76.0 cm³/mol. The lowest BCUT2D eigenvalue weighted by Gasteiger charge is -2.27. The molecule has 16 heavy (non-hydrogen) atoms. The molecule has 2 nitrogen and oxygen atoms in total. The highest BCUT2D eigenvalue weighted by Gasteiger charge is 2.16. The van der Waals surface area contributed by atoms with Crippen LogP contribution in [0.1, 0.15) is 19.3 Å². The van der Waals surface area contributed by atoms with Crippen molar-refractivity contribution in [2.24, 2.45) is 0 Å². The molecule has 2 heterocycles. The van der Waals surface area contributed by atoms with Crippen LogP contribution < -0.4 is 0 Å². The van der Waals surface area contributed by atoms with Gasteiger partial charge in [-0.3, -0.25) is 0 Å². The number of likely N-dealkylation sites (tertiary alicyclic amines) is 1. The van der Waals surface area contributed by atoms with Gasteiger partial charge in [0.2, 0.25) is 0 Å². The molecule has 7 heteroatoms. The highest BCUT2D eigenvalue weighted by atomic mass is 35.5. The van der Waals surface area contributed by atoms with E-state index in [1.54, 1.807) is 0 Å². The van der Waals surface area contributed by atoms with Crippen LogP contribution in [0.2, 0.25) is 9.49 Å². The molecule has 0 saturated carbocycles. The van der Waals surface area contributed by atoms with E-state index in [0.29, 0.717) is 9.49 Å². The van der Waals surface area contributed by atoms with E-state index in [2.05, 4.69) is 9.88 Å². The number of hydrogen-bond donors (Lipinski definition) is 0. The Bertz CT molecular complexity index is 369. The molecular weight excluding hydrogens is 303 g/mol. The molecule has 0 amide bonds. The van der Waals surface area contributed by atoms with E-state index >= 15 is 0 Å². The van der Waals surface area contributed by atoms with Crippen LogP contribution in [0.3, 0.4) is 0 Å². The first-order chi connectivity index (χ1) is 7.66. The van der Waals surface area contributed by atoms with Gasteiger partial charge >= 0.3 is 0 Å². The summed E-state index contributed by atoms with van der Waals surface area (Å²) in [6.45, 7) is 2.11. The third-order valence-corrected chi connectivity index (χ3v) is 5.56. The minimum Gasteiger partial charge on any atom is -0.357 e. The van der Waals surface area contributed by atoms with Crippen molar-refractivity contribution < 1.29 is 0 Å². The Hall–Kier alpha value is 0.450. The second-order valence-corrected chi connectivity index (χ2v) is 7.30. The van der Waals surface area contributed by atoms with Gasteiger partial charge in [-0.25, -0.2) is 4.98 Å². The van der Waals surface area contributed by atoms with Crippen LogP contribution in [0.15, 0.2) is 4.34 Å². The maximum absolute atomic E-state index is 5.85. The number of piperidine rings is 1. The van der Waals surface area contributed by atoms with Crippen molar-refractivity contribution in [1.29, 1.82) is 0 Å². The lowest BCUT2D eigenvalue weighted by atomic mass is 10.1. The zero-order chi connectivity index (χ0) is 11.5. The van der Waals surface area contributed by atoms with Crippen molar-refractivity contribution in [3.05, 3.63) is 9.49 Å². The van der Waals surface area contributed by atoms with E-state index in [-0.39, 0.29) is 0 Å². The number of halogens is 2. The van der Waals surface area contributed by atoms with Crippen LogP contribution in [0, 0.1) is 0 Å². The largest absolute Gasteiger partial charge is 0.357 e. The molecule has 0 spiro atoms. The Kier molecular flexibility index (Phi) is 4.73. The minimum atomic E-state index is 0.371. The smallest absolute Gasteiger partial charge is 0.160 e. The highest BCUT2D eigenvalue weighted by Crippen LogP contribution is 2.35. The number of hydrogen-bond acceptors (Lipinski definition) is 4. The Balaban J connectivity index is 1.95. The maximum Gasteiger partial charge on any atom is 0.160 e. The van der Waals surface area contributed by atoms with Crippen molar-refractivity contribution in [2.75, 3.05) is 13.1 Å². The zero-order valence-corrected chi connectivity index (χ0v) is 12.4. The highest BCUT2D eigenvalue weighted by molar-refractivity contribution is 8.23. The summed E-state index contributed by atoms with van der Waals surface area (Å²) in [4.78, 5) is 6.37. The fraction of sp³-hybridized carbons (Fsp3) is 0.556. The molecule has 0 atom stereocenters. The molecule has 1 aliphatic heterocycles. The van der Waals surface area contributed by atoms with E-state index in [1.807, 2.05) is 0 Å². The van der Waals surface area contributed by atoms with Gasteiger partial charge in [-0.2, -0.15) is 0 Å². The molecule has 88 valence electrons. The quantitative estimate of drug-likeness (QED) is 0.567. The standard InChI is InChI=1S/C9H10Cl2N2S3/c10-6-7(11)15-8(12-6)16-9(14)13-4-2-1-3-5-13/h1-5H2. The summed E-state index contributed by atoms with van der Waals surface area (Å²) in [6, 6.07) is 0. The van der Waals surface area contributed by atoms with Gasteiger partial charge in [0.15, 0.2) is 9.49 Å². The molecule has 1 aromatic heterocycles. The maximum atomic E-state index is 5.85. The molecular formula is C9H10Cl2N2S3. The summed E-state index contributed by atoms with van der Waals surface area (Å²) in [5.74, 6) is 0. The first kappa shape index (κ1) is 12.9. The molecule has 1 saturated heterocycles. The number of thiocarbonyl (C=S) groups is 1. The van der Waals surface area contributed by atoms with Gasteiger partial charge in [-0.15, -0.1) is 0 Å². The zero-order valence-electron chi connectivity index (χ0n) is 8.41. The molecule has 1 aliphatic rings. The third-order valence-electron chi connectivity index (χ3n) is 2.32. The average Bonchev–Trinajstić information content (AvgIpc) is 2.59. The van der Waals surface area contributed by atoms with Crippen LogP contribution in [-0.4, -0.2) is 27.3 Å². The Morgan fingerprint density at radius 3 is 2.56 bits per heavy atom. The van der Waals surface area contributed by atoms with E-state index in [0.717, 1.165) is 21.7 Å². The molecule has 0 unspecified atom stereocenters. The summed E-state index contributed by atoms with van der Waals surface area (Å²) in [7, 11) is 0. The first-order valence-electron chi connectivity index (χ1n) is 4.95. The SMILES string of the molecule is S=C(Sc1nc(Cl)c(Cl)s1)N1CCCCC1. The first-order valence-corrected chi connectivity index (χ1v) is 7.75. The van der Waals surface area contributed by atoms with Crippen LogP contribution in [0.4, 0.5) is 0 Å². The third kappa shape index (κ3) is 3.23. The lowest BCUT2D eigenvalue weighted by Crippen LogP contribution is -2.32. The Labute approximate surface area is 118 Å². The predicted octanol–water partition coefficient (Wildman–Crippen LogP) is 4.31. The summed E-state index contributed by atoms with van der Waals surface area (Å²) >= 11 is 19.9. The molecule has 2 rings (SSSR count). The normalized spacial score (nSPS) is 16.5. The summed E-state index contributed by atoms with van der Waals surface area (Å²) < 4.78 is 2.23. The van der Waals surface area contributed by atoms with Gasteiger partial charge in [0.1, 0.15) is 8.66 Å². The molecule has 0 aromatic carbocycles. The van der Waals surface area contributed by atoms with Crippen LogP contribution in [0.5, 0.6) is 0 Å². The molecule has 0 bridgehead atoms. The number of thiazole rings is 1. The Morgan fingerprint density at radius 1 is 1.31 bits per heavy atom. The minimum absolute atomic E-state index is 0.371. The van der Waals surface area contributed by atoms with Gasteiger partial charge in [-0.1, -0.05) is 46.8 Å². The topological polar surface area (TPSA) is 16.1 Å². The summed E-state index contributed by atoms with van der Waals surface area (Å²) in [5, 5.41) is 0.371. The van der Waals surface area contributed by atoms with E-state index in [1.165, 1.54) is 42.4 Å². The van der Waals surface area contributed by atoms with Gasteiger partial charge in [0, 0.05) is 13.1 Å². The van der Waals surface area contributed by atoms with Crippen molar-refractivity contribution in [3.63, 3.8) is 0 Å². The molecule has 0 radical (unpaired) electrons. The number of rotatable bonds is 1. The molecule has 1 fully saturated rings. The van der Waals surface area contributed by atoms with E-state index in [9.17, 15) is 0 Å². The number of nitrogens with zero attached hydrogens (tertiary/aromatic N) is 2. The van der Waals surface area contributed by atoms with Crippen LogP contribution >= 0.6 is 58.5 Å². The molecule has 1 aromatic rings. The van der Waals surface area contributed by atoms with E-state index in [4.69, 9.17) is 35.4 Å². The van der Waals surface area contributed by atoms with Crippen LogP contribution in [-0.2, 0) is 0 Å². The van der Waals surface area contributed by atoms with Crippen molar-refractivity contribution in [1.82, 2.24) is 9.88 Å². The van der Waals surface area contributed by atoms with Crippen LogP contribution in [0.25, 0.3) is 0 Å². The lowest BCUT2D eigenvalue weighted by molar-refractivity contribution is 0.352. The molecule has 0 N–H and O–H groups in total. The molecule has 0 aliphatic carbocycles. The second-order valence-electron chi connectivity index (χ2n) is 3.46. The van der Waals surface area contributed by atoms with Gasteiger partial charge < -0.3 is 4.90 Å². The number of aromatic nitrogens is 1. The van der Waals surface area contributed by atoms with Gasteiger partial charge in [0.05, 0.1) is 0 Å². The summed E-state index contributed by atoms with van der Waals surface area (Å²) in [6.07, 6.45) is 3.75. The van der Waals surface area contributed by atoms with Gasteiger partial charge in [0.25, 0.3) is 0 Å². The van der Waals surface area contributed by atoms with Gasteiger partial charge in [-0.05, 0) is 31.0 Å².